The Labute approximate surface area is 101 Å². The zero-order valence-corrected chi connectivity index (χ0v) is 9.75. The van der Waals surface area contributed by atoms with Gasteiger partial charge in [0.1, 0.15) is 6.04 Å². The SMILES string of the molecule is O=C(O)C(C1CC1)N1CC(c2ccccc2)C1. The number of hydrogen-bond acceptors (Lipinski definition) is 2. The second-order valence-electron chi connectivity index (χ2n) is 5.18. The molecule has 1 aliphatic carbocycles. The lowest BCUT2D eigenvalue weighted by Crippen LogP contribution is -2.54. The molecule has 2 aliphatic rings. The van der Waals surface area contributed by atoms with Gasteiger partial charge in [0.2, 0.25) is 0 Å². The van der Waals surface area contributed by atoms with E-state index >= 15 is 0 Å². The molecular formula is C14H17NO2. The van der Waals surface area contributed by atoms with Crippen molar-refractivity contribution in [3.8, 4) is 0 Å². The molecule has 1 saturated heterocycles. The van der Waals surface area contributed by atoms with Gasteiger partial charge in [0, 0.05) is 19.0 Å². The van der Waals surface area contributed by atoms with E-state index in [-0.39, 0.29) is 6.04 Å². The minimum atomic E-state index is -0.640. The maximum Gasteiger partial charge on any atom is 0.321 e. The van der Waals surface area contributed by atoms with Gasteiger partial charge in [0.15, 0.2) is 0 Å². The molecule has 1 heterocycles. The van der Waals surface area contributed by atoms with Gasteiger partial charge in [0.25, 0.3) is 0 Å². The fourth-order valence-electron chi connectivity index (χ4n) is 2.74. The molecule has 90 valence electrons. The number of nitrogens with zero attached hydrogens (tertiary/aromatic N) is 1. The molecule has 1 aromatic carbocycles. The Hall–Kier alpha value is -1.35. The highest BCUT2D eigenvalue weighted by atomic mass is 16.4. The fraction of sp³-hybridized carbons (Fsp3) is 0.500. The second kappa shape index (κ2) is 4.15. The van der Waals surface area contributed by atoms with Crippen LogP contribution < -0.4 is 0 Å². The van der Waals surface area contributed by atoms with Crippen molar-refractivity contribution in [2.45, 2.75) is 24.8 Å². The molecule has 2 fully saturated rings. The first-order valence-electron chi connectivity index (χ1n) is 6.27. The molecule has 1 N–H and O–H groups in total. The number of likely N-dealkylation sites (tertiary alicyclic amines) is 1. The number of hydrogen-bond donors (Lipinski definition) is 1. The Balaban J connectivity index is 1.62. The highest BCUT2D eigenvalue weighted by Gasteiger charge is 2.44. The fourth-order valence-corrected chi connectivity index (χ4v) is 2.74. The van der Waals surface area contributed by atoms with E-state index in [1.165, 1.54) is 5.56 Å². The molecule has 1 aromatic rings. The summed E-state index contributed by atoms with van der Waals surface area (Å²) < 4.78 is 0. The minimum Gasteiger partial charge on any atom is -0.480 e. The molecular weight excluding hydrogens is 214 g/mol. The molecule has 0 bridgehead atoms. The molecule has 0 radical (unpaired) electrons. The van der Waals surface area contributed by atoms with E-state index in [1.807, 2.05) is 18.2 Å². The Morgan fingerprint density at radius 3 is 2.41 bits per heavy atom. The summed E-state index contributed by atoms with van der Waals surface area (Å²) in [5, 5.41) is 9.23. The molecule has 1 saturated carbocycles. The van der Waals surface area contributed by atoms with Gasteiger partial charge in [-0.05, 0) is 24.3 Å². The number of carboxylic acids is 1. The van der Waals surface area contributed by atoms with Crippen molar-refractivity contribution < 1.29 is 9.90 Å². The van der Waals surface area contributed by atoms with Gasteiger partial charge in [-0.25, -0.2) is 0 Å². The predicted octanol–water partition coefficient (Wildman–Crippen LogP) is 1.95. The topological polar surface area (TPSA) is 40.5 Å². The Morgan fingerprint density at radius 2 is 1.88 bits per heavy atom. The van der Waals surface area contributed by atoms with Crippen LogP contribution in [0.25, 0.3) is 0 Å². The van der Waals surface area contributed by atoms with E-state index in [2.05, 4.69) is 17.0 Å². The van der Waals surface area contributed by atoms with Crippen LogP contribution in [0.1, 0.15) is 24.3 Å². The van der Waals surface area contributed by atoms with Gasteiger partial charge in [0.05, 0.1) is 0 Å². The Morgan fingerprint density at radius 1 is 1.24 bits per heavy atom. The van der Waals surface area contributed by atoms with E-state index in [1.54, 1.807) is 0 Å². The van der Waals surface area contributed by atoms with Gasteiger partial charge < -0.3 is 5.11 Å². The summed E-state index contributed by atoms with van der Waals surface area (Å²) in [4.78, 5) is 13.3. The van der Waals surface area contributed by atoms with E-state index < -0.39 is 5.97 Å². The Kier molecular flexibility index (Phi) is 2.63. The van der Waals surface area contributed by atoms with Gasteiger partial charge in [-0.15, -0.1) is 0 Å². The molecule has 3 rings (SSSR count). The van der Waals surface area contributed by atoms with Crippen LogP contribution in [-0.4, -0.2) is 35.1 Å². The minimum absolute atomic E-state index is 0.227. The summed E-state index contributed by atoms with van der Waals surface area (Å²) >= 11 is 0. The van der Waals surface area contributed by atoms with Gasteiger partial charge in [-0.2, -0.15) is 0 Å². The zero-order chi connectivity index (χ0) is 11.8. The van der Waals surface area contributed by atoms with Crippen molar-refractivity contribution in [2.75, 3.05) is 13.1 Å². The van der Waals surface area contributed by atoms with E-state index in [9.17, 15) is 9.90 Å². The first kappa shape index (κ1) is 10.8. The summed E-state index contributed by atoms with van der Waals surface area (Å²) in [6.07, 6.45) is 2.17. The third-order valence-corrected chi connectivity index (χ3v) is 3.90. The lowest BCUT2D eigenvalue weighted by Gasteiger charge is -2.43. The van der Waals surface area contributed by atoms with Crippen molar-refractivity contribution in [3.05, 3.63) is 35.9 Å². The van der Waals surface area contributed by atoms with Crippen LogP contribution in [0.15, 0.2) is 30.3 Å². The molecule has 17 heavy (non-hydrogen) atoms. The lowest BCUT2D eigenvalue weighted by molar-refractivity contribution is -0.146. The van der Waals surface area contributed by atoms with Crippen molar-refractivity contribution in [3.63, 3.8) is 0 Å². The van der Waals surface area contributed by atoms with Crippen molar-refractivity contribution in [2.24, 2.45) is 5.92 Å². The number of carbonyl (C=O) groups is 1. The first-order chi connectivity index (χ1) is 8.25. The van der Waals surface area contributed by atoms with Gasteiger partial charge in [-0.1, -0.05) is 30.3 Å². The van der Waals surface area contributed by atoms with Gasteiger partial charge >= 0.3 is 5.97 Å². The maximum absolute atomic E-state index is 11.2. The number of rotatable bonds is 4. The number of benzene rings is 1. The molecule has 1 atom stereocenters. The molecule has 1 aliphatic heterocycles. The Bertz CT molecular complexity index is 407. The van der Waals surface area contributed by atoms with Crippen LogP contribution in [0.5, 0.6) is 0 Å². The van der Waals surface area contributed by atoms with E-state index in [0.717, 1.165) is 25.9 Å². The molecule has 0 spiro atoms. The molecule has 0 aromatic heterocycles. The largest absolute Gasteiger partial charge is 0.480 e. The second-order valence-corrected chi connectivity index (χ2v) is 5.18. The maximum atomic E-state index is 11.2. The highest BCUT2D eigenvalue weighted by molar-refractivity contribution is 5.74. The monoisotopic (exact) mass is 231 g/mol. The summed E-state index contributed by atoms with van der Waals surface area (Å²) in [5.74, 6) is 0.292. The van der Waals surface area contributed by atoms with Crippen LogP contribution in [-0.2, 0) is 4.79 Å². The van der Waals surface area contributed by atoms with Gasteiger partial charge in [-0.3, -0.25) is 9.69 Å². The third kappa shape index (κ3) is 2.07. The molecule has 3 heteroatoms. The first-order valence-corrected chi connectivity index (χ1v) is 6.27. The number of carboxylic acid groups (broad SMARTS) is 1. The van der Waals surface area contributed by atoms with Crippen LogP contribution in [0.3, 0.4) is 0 Å². The lowest BCUT2D eigenvalue weighted by atomic mass is 9.89. The molecule has 1 unspecified atom stereocenters. The van der Waals surface area contributed by atoms with Crippen molar-refractivity contribution in [1.29, 1.82) is 0 Å². The number of aliphatic carboxylic acids is 1. The molecule has 3 nitrogen and oxygen atoms in total. The third-order valence-electron chi connectivity index (χ3n) is 3.90. The summed E-state index contributed by atoms with van der Waals surface area (Å²) in [6, 6.07) is 10.2. The predicted molar refractivity (Wildman–Crippen MR) is 64.9 cm³/mol. The highest BCUT2D eigenvalue weighted by Crippen LogP contribution is 2.39. The van der Waals surface area contributed by atoms with Crippen LogP contribution in [0.4, 0.5) is 0 Å². The summed E-state index contributed by atoms with van der Waals surface area (Å²) in [7, 11) is 0. The normalized spacial score (nSPS) is 23.1. The average Bonchev–Trinajstić information content (AvgIpc) is 3.07. The summed E-state index contributed by atoms with van der Waals surface area (Å²) in [5.41, 5.74) is 1.34. The quantitative estimate of drug-likeness (QED) is 0.861. The van der Waals surface area contributed by atoms with E-state index in [4.69, 9.17) is 0 Å². The van der Waals surface area contributed by atoms with Crippen molar-refractivity contribution in [1.82, 2.24) is 4.90 Å². The van der Waals surface area contributed by atoms with Crippen LogP contribution in [0, 0.1) is 5.92 Å². The average molecular weight is 231 g/mol. The van der Waals surface area contributed by atoms with Crippen LogP contribution in [0.2, 0.25) is 0 Å². The van der Waals surface area contributed by atoms with Crippen LogP contribution >= 0.6 is 0 Å². The standard InChI is InChI=1S/C14H17NO2/c16-14(17)13(11-6-7-11)15-8-12(9-15)10-4-2-1-3-5-10/h1-5,11-13H,6-9H2,(H,16,17). The van der Waals surface area contributed by atoms with Crippen molar-refractivity contribution >= 4 is 5.97 Å². The molecule has 0 amide bonds. The zero-order valence-electron chi connectivity index (χ0n) is 9.75. The smallest absolute Gasteiger partial charge is 0.321 e. The van der Waals surface area contributed by atoms with E-state index in [0.29, 0.717) is 11.8 Å². The summed E-state index contributed by atoms with van der Waals surface area (Å²) in [6.45, 7) is 1.80.